The molecule has 0 atom stereocenters. The molecule has 0 aliphatic heterocycles. The number of aromatic nitrogens is 5. The number of nitrogens with zero attached hydrogens (tertiary/aromatic N) is 6. The molecule has 0 fully saturated rings. The second-order valence-corrected chi connectivity index (χ2v) is 5.86. The Balaban J connectivity index is 2.02. The van der Waals surface area contributed by atoms with Gasteiger partial charge in [-0.25, -0.2) is 4.98 Å². The highest BCUT2D eigenvalue weighted by Gasteiger charge is 2.32. The Bertz CT molecular complexity index is 1030. The monoisotopic (exact) mass is 412 g/mol. The highest BCUT2D eigenvalue weighted by Crippen LogP contribution is 2.35. The van der Waals surface area contributed by atoms with E-state index in [1.165, 1.54) is 31.1 Å². The van der Waals surface area contributed by atoms with E-state index in [9.17, 15) is 23.3 Å². The van der Waals surface area contributed by atoms with Gasteiger partial charge in [-0.05, 0) is 28.1 Å². The molecule has 0 saturated carbocycles. The summed E-state index contributed by atoms with van der Waals surface area (Å²) in [5.41, 5.74) is -0.902. The largest absolute Gasteiger partial charge is 0.491 e. The van der Waals surface area contributed by atoms with E-state index >= 15 is 0 Å². The van der Waals surface area contributed by atoms with E-state index in [1.807, 2.05) is 0 Å². The van der Waals surface area contributed by atoms with Crippen molar-refractivity contribution in [3.63, 3.8) is 0 Å². The van der Waals surface area contributed by atoms with Crippen LogP contribution in [0.4, 0.5) is 19.0 Å². The molecule has 2 heterocycles. The highest BCUT2D eigenvalue weighted by atomic mass is 19.4. The maximum atomic E-state index is 13.3. The van der Waals surface area contributed by atoms with Crippen molar-refractivity contribution < 1.29 is 27.6 Å². The van der Waals surface area contributed by atoms with Crippen LogP contribution in [0.15, 0.2) is 30.9 Å². The van der Waals surface area contributed by atoms with Crippen LogP contribution in [-0.2, 0) is 18.0 Å². The molecule has 3 rings (SSSR count). The second-order valence-electron chi connectivity index (χ2n) is 5.86. The third kappa shape index (κ3) is 4.34. The summed E-state index contributed by atoms with van der Waals surface area (Å²) in [7, 11) is 2.96. The van der Waals surface area contributed by atoms with Gasteiger partial charge in [-0.1, -0.05) is 0 Å². The zero-order valence-electron chi connectivity index (χ0n) is 15.3. The van der Waals surface area contributed by atoms with Gasteiger partial charge in [0.1, 0.15) is 18.7 Å². The third-order valence-corrected chi connectivity index (χ3v) is 3.82. The average molecular weight is 412 g/mol. The summed E-state index contributed by atoms with van der Waals surface area (Å²) in [6, 6.07) is 3.09. The number of rotatable bonds is 7. The van der Waals surface area contributed by atoms with Gasteiger partial charge in [-0.15, -0.1) is 5.10 Å². The molecule has 0 spiro atoms. The summed E-state index contributed by atoms with van der Waals surface area (Å²) < 4.78 is 52.3. The molecule has 13 heteroatoms. The number of benzene rings is 1. The van der Waals surface area contributed by atoms with Gasteiger partial charge in [0.05, 0.1) is 12.2 Å². The van der Waals surface area contributed by atoms with Crippen molar-refractivity contribution >= 4 is 5.82 Å². The number of nitro groups is 1. The number of aryl methyl sites for hydroxylation is 1. The predicted molar refractivity (Wildman–Crippen MR) is 92.6 cm³/mol. The van der Waals surface area contributed by atoms with Crippen LogP contribution in [0.5, 0.6) is 5.75 Å². The lowest BCUT2D eigenvalue weighted by Gasteiger charge is -2.12. The number of ether oxygens (including phenoxy) is 2. The van der Waals surface area contributed by atoms with E-state index in [2.05, 4.69) is 15.1 Å². The number of imidazole rings is 1. The zero-order chi connectivity index (χ0) is 21.2. The van der Waals surface area contributed by atoms with Crippen LogP contribution in [0.3, 0.4) is 0 Å². The maximum Gasteiger partial charge on any atom is 0.416 e. The maximum absolute atomic E-state index is 13.3. The minimum Gasteiger partial charge on any atom is -0.491 e. The third-order valence-electron chi connectivity index (χ3n) is 3.82. The molecular formula is C16H15F3N6O4. The number of hydrogen-bond acceptors (Lipinski definition) is 7. The van der Waals surface area contributed by atoms with Crippen molar-refractivity contribution in [2.45, 2.75) is 6.18 Å². The quantitative estimate of drug-likeness (QED) is 0.333. The smallest absolute Gasteiger partial charge is 0.416 e. The minimum absolute atomic E-state index is 0.0114. The first-order chi connectivity index (χ1) is 13.7. The van der Waals surface area contributed by atoms with Crippen molar-refractivity contribution in [1.29, 1.82) is 0 Å². The molecule has 0 radical (unpaired) electrons. The molecule has 0 amide bonds. The second kappa shape index (κ2) is 7.87. The Kier molecular flexibility index (Phi) is 5.50. The van der Waals surface area contributed by atoms with Gasteiger partial charge in [0.15, 0.2) is 5.82 Å². The fourth-order valence-electron chi connectivity index (χ4n) is 2.52. The van der Waals surface area contributed by atoms with E-state index in [0.29, 0.717) is 0 Å². The van der Waals surface area contributed by atoms with Crippen LogP contribution in [-0.4, -0.2) is 49.6 Å². The van der Waals surface area contributed by atoms with E-state index in [1.54, 1.807) is 0 Å². The van der Waals surface area contributed by atoms with Gasteiger partial charge in [0.25, 0.3) is 0 Å². The Morgan fingerprint density at radius 3 is 2.59 bits per heavy atom. The van der Waals surface area contributed by atoms with Crippen LogP contribution in [0, 0.1) is 10.1 Å². The van der Waals surface area contributed by atoms with Gasteiger partial charge >= 0.3 is 12.0 Å². The summed E-state index contributed by atoms with van der Waals surface area (Å²) >= 11 is 0. The number of alkyl halides is 3. The Morgan fingerprint density at radius 1 is 1.17 bits per heavy atom. The summed E-state index contributed by atoms with van der Waals surface area (Å²) in [5, 5.41) is 15.2. The van der Waals surface area contributed by atoms with Crippen LogP contribution in [0.25, 0.3) is 17.2 Å². The number of halogens is 3. The fourth-order valence-corrected chi connectivity index (χ4v) is 2.52. The molecule has 0 aliphatic carbocycles. The lowest BCUT2D eigenvalue weighted by molar-refractivity contribution is -0.389. The van der Waals surface area contributed by atoms with Crippen molar-refractivity contribution in [2.75, 3.05) is 20.3 Å². The Morgan fingerprint density at radius 2 is 1.93 bits per heavy atom. The first kappa shape index (κ1) is 20.3. The summed E-state index contributed by atoms with van der Waals surface area (Å²) in [6.45, 7) is 0.253. The summed E-state index contributed by atoms with van der Waals surface area (Å²) in [4.78, 5) is 18.1. The molecular weight excluding hydrogens is 397 g/mol. The molecule has 0 saturated heterocycles. The van der Waals surface area contributed by atoms with Gasteiger partial charge in [-0.3, -0.25) is 4.57 Å². The van der Waals surface area contributed by atoms with Gasteiger partial charge < -0.3 is 19.6 Å². The number of hydrogen-bond donors (Lipinski definition) is 0. The molecule has 154 valence electrons. The predicted octanol–water partition coefficient (Wildman–Crippen LogP) is 2.62. The minimum atomic E-state index is -4.61. The Hall–Kier alpha value is -3.48. The number of methoxy groups -OCH3 is 1. The standard InChI is InChI=1S/C16H15F3N6O4/c1-23-8-21-14(25(26)27)15(23)24-9-20-13(22-24)10-5-11(16(17,18)19)7-12(6-10)29-4-3-28-2/h5-9H,3-4H2,1-2H3. The van der Waals surface area contributed by atoms with Crippen molar-refractivity contribution in [3.8, 4) is 23.0 Å². The summed E-state index contributed by atoms with van der Waals surface area (Å²) in [5.74, 6) is -0.549. The van der Waals surface area contributed by atoms with Gasteiger partial charge in [0.2, 0.25) is 12.1 Å². The van der Waals surface area contributed by atoms with E-state index in [4.69, 9.17) is 9.47 Å². The topological polar surface area (TPSA) is 110 Å². The summed E-state index contributed by atoms with van der Waals surface area (Å²) in [6.07, 6.45) is -2.23. The van der Waals surface area contributed by atoms with Crippen LogP contribution in [0.2, 0.25) is 0 Å². The molecule has 0 N–H and O–H groups in total. The molecule has 10 nitrogen and oxygen atoms in total. The van der Waals surface area contributed by atoms with E-state index in [0.717, 1.165) is 23.1 Å². The molecule has 1 aromatic carbocycles. The van der Waals surface area contributed by atoms with Crippen LogP contribution >= 0.6 is 0 Å². The first-order valence-corrected chi connectivity index (χ1v) is 8.13. The van der Waals surface area contributed by atoms with Crippen molar-refractivity contribution in [1.82, 2.24) is 24.3 Å². The highest BCUT2D eigenvalue weighted by molar-refractivity contribution is 5.59. The Labute approximate surface area is 161 Å². The van der Waals surface area contributed by atoms with Crippen LogP contribution < -0.4 is 4.74 Å². The zero-order valence-corrected chi connectivity index (χ0v) is 15.3. The normalized spacial score (nSPS) is 11.6. The lowest BCUT2D eigenvalue weighted by Crippen LogP contribution is -2.08. The van der Waals surface area contributed by atoms with Crippen molar-refractivity contribution in [3.05, 3.63) is 46.5 Å². The van der Waals surface area contributed by atoms with Crippen LogP contribution in [0.1, 0.15) is 5.56 Å². The molecule has 3 aromatic rings. The molecule has 29 heavy (non-hydrogen) atoms. The van der Waals surface area contributed by atoms with E-state index in [-0.39, 0.29) is 36.2 Å². The van der Waals surface area contributed by atoms with Crippen molar-refractivity contribution in [2.24, 2.45) is 7.05 Å². The first-order valence-electron chi connectivity index (χ1n) is 8.13. The SMILES string of the molecule is COCCOc1cc(-c2ncn(-c3c([N+](=O)[O-])ncn3C)n2)cc(C(F)(F)F)c1. The fraction of sp³-hybridized carbons (Fsp3) is 0.312. The molecule has 2 aromatic heterocycles. The molecule has 0 aliphatic rings. The lowest BCUT2D eigenvalue weighted by atomic mass is 10.1. The van der Waals surface area contributed by atoms with Gasteiger partial charge in [-0.2, -0.15) is 17.9 Å². The van der Waals surface area contributed by atoms with E-state index < -0.39 is 22.5 Å². The molecule has 0 bridgehead atoms. The average Bonchev–Trinajstić information content (AvgIpc) is 3.27. The van der Waals surface area contributed by atoms with Gasteiger partial charge in [0, 0.05) is 19.7 Å². The molecule has 0 unspecified atom stereocenters.